The fraction of sp³-hybridized carbons (Fsp3) is 0.417. The van der Waals surface area contributed by atoms with Crippen LogP contribution in [-0.4, -0.2) is 18.5 Å². The maximum absolute atomic E-state index is 12.9. The number of carbonyl (C=O) groups excluding carboxylic acids is 1. The van der Waals surface area contributed by atoms with Crippen molar-refractivity contribution < 1.29 is 9.18 Å². The highest BCUT2D eigenvalue weighted by Gasteiger charge is 2.28. The molecule has 0 spiro atoms. The van der Waals surface area contributed by atoms with Crippen LogP contribution < -0.4 is 11.1 Å². The van der Waals surface area contributed by atoms with E-state index in [1.165, 1.54) is 18.2 Å². The molecule has 1 aliphatic rings. The number of hydrogen-bond donors (Lipinski definition) is 2. The van der Waals surface area contributed by atoms with Crippen molar-refractivity contribution >= 4 is 21.8 Å². The van der Waals surface area contributed by atoms with Gasteiger partial charge in [-0.2, -0.15) is 0 Å². The van der Waals surface area contributed by atoms with Gasteiger partial charge in [0.25, 0.3) is 5.91 Å². The number of nitrogens with two attached hydrogens (primary N) is 1. The predicted molar refractivity (Wildman–Crippen MR) is 67.1 cm³/mol. The Morgan fingerprint density at radius 3 is 2.88 bits per heavy atom. The molecule has 5 heteroatoms. The number of halogens is 2. The molecule has 3 N–H and O–H groups in total. The monoisotopic (exact) mass is 300 g/mol. The summed E-state index contributed by atoms with van der Waals surface area (Å²) in [6.07, 6.45) is 2.30. The van der Waals surface area contributed by atoms with Crippen LogP contribution in [0.4, 0.5) is 4.39 Å². The van der Waals surface area contributed by atoms with Gasteiger partial charge in [-0.3, -0.25) is 4.79 Å². The summed E-state index contributed by atoms with van der Waals surface area (Å²) in [5.41, 5.74) is 6.31. The summed E-state index contributed by atoms with van der Waals surface area (Å²) in [6, 6.07) is 4.02. The van der Waals surface area contributed by atoms with Crippen LogP contribution in [0.25, 0.3) is 0 Å². The van der Waals surface area contributed by atoms with Gasteiger partial charge in [0.05, 0.1) is 5.56 Å². The average molecular weight is 301 g/mol. The molecule has 0 bridgehead atoms. The van der Waals surface area contributed by atoms with Crippen LogP contribution in [-0.2, 0) is 0 Å². The molecule has 92 valence electrons. The van der Waals surface area contributed by atoms with Crippen molar-refractivity contribution in [3.05, 3.63) is 34.1 Å². The van der Waals surface area contributed by atoms with Gasteiger partial charge in [-0.25, -0.2) is 4.39 Å². The molecule has 3 nitrogen and oxygen atoms in total. The first-order valence-electron chi connectivity index (χ1n) is 5.57. The summed E-state index contributed by atoms with van der Waals surface area (Å²) in [5, 5.41) is 2.76. The summed E-state index contributed by atoms with van der Waals surface area (Å²) in [4.78, 5) is 11.8. The Bertz CT molecular complexity index is 435. The molecule has 2 rings (SSSR count). The van der Waals surface area contributed by atoms with Crippen molar-refractivity contribution in [3.63, 3.8) is 0 Å². The molecular formula is C12H14BrFN2O. The number of amides is 1. The third-order valence-corrected chi connectivity index (χ3v) is 3.56. The molecular weight excluding hydrogens is 287 g/mol. The fourth-order valence-electron chi connectivity index (χ4n) is 1.67. The van der Waals surface area contributed by atoms with Gasteiger partial charge >= 0.3 is 0 Å². The van der Waals surface area contributed by atoms with E-state index >= 15 is 0 Å². The molecule has 0 aromatic heterocycles. The second kappa shape index (κ2) is 5.14. The van der Waals surface area contributed by atoms with E-state index in [4.69, 9.17) is 5.73 Å². The van der Waals surface area contributed by atoms with Crippen LogP contribution in [0.1, 0.15) is 23.2 Å². The van der Waals surface area contributed by atoms with Gasteiger partial charge in [0.1, 0.15) is 5.82 Å². The minimum Gasteiger partial charge on any atom is -0.350 e. The van der Waals surface area contributed by atoms with Crippen molar-refractivity contribution in [2.24, 2.45) is 11.7 Å². The van der Waals surface area contributed by atoms with Crippen LogP contribution in [0.2, 0.25) is 0 Å². The van der Waals surface area contributed by atoms with Crippen LogP contribution in [0.5, 0.6) is 0 Å². The normalized spacial score (nSPS) is 16.6. The quantitative estimate of drug-likeness (QED) is 0.894. The first-order chi connectivity index (χ1) is 8.08. The maximum atomic E-state index is 12.9. The zero-order valence-corrected chi connectivity index (χ0v) is 10.8. The molecule has 1 aromatic carbocycles. The molecule has 1 amide bonds. The second-order valence-corrected chi connectivity index (χ2v) is 5.19. The Balaban J connectivity index is 1.94. The van der Waals surface area contributed by atoms with Gasteiger partial charge < -0.3 is 11.1 Å². The van der Waals surface area contributed by atoms with Crippen molar-refractivity contribution in [1.82, 2.24) is 5.32 Å². The fourth-order valence-corrected chi connectivity index (χ4v) is 2.20. The molecule has 0 radical (unpaired) electrons. The first kappa shape index (κ1) is 12.5. The molecule has 1 aromatic rings. The molecule has 0 aliphatic heterocycles. The van der Waals surface area contributed by atoms with Crippen LogP contribution in [0.3, 0.4) is 0 Å². The lowest BCUT2D eigenvalue weighted by molar-refractivity contribution is 0.0949. The van der Waals surface area contributed by atoms with E-state index in [0.29, 0.717) is 22.5 Å². The smallest absolute Gasteiger partial charge is 0.252 e. The SMILES string of the molecule is NC(CNC(=O)c1ccc(F)cc1Br)C1CC1. The minimum absolute atomic E-state index is 0.0261. The third-order valence-electron chi connectivity index (χ3n) is 2.90. The zero-order valence-electron chi connectivity index (χ0n) is 9.25. The summed E-state index contributed by atoms with van der Waals surface area (Å²) in [5.74, 6) is -0.0527. The van der Waals surface area contributed by atoms with Gasteiger partial charge in [0.15, 0.2) is 0 Å². The van der Waals surface area contributed by atoms with Gasteiger partial charge in [0.2, 0.25) is 0 Å². The lowest BCUT2D eigenvalue weighted by Crippen LogP contribution is -2.38. The average Bonchev–Trinajstić information content (AvgIpc) is 3.09. The Hall–Kier alpha value is -0.940. The first-order valence-corrected chi connectivity index (χ1v) is 6.36. The largest absolute Gasteiger partial charge is 0.350 e. The lowest BCUT2D eigenvalue weighted by Gasteiger charge is -2.12. The van der Waals surface area contributed by atoms with E-state index in [-0.39, 0.29) is 17.8 Å². The number of benzene rings is 1. The molecule has 1 fully saturated rings. The third kappa shape index (κ3) is 3.26. The van der Waals surface area contributed by atoms with Crippen LogP contribution in [0.15, 0.2) is 22.7 Å². The highest BCUT2D eigenvalue weighted by atomic mass is 79.9. The Morgan fingerprint density at radius 2 is 2.29 bits per heavy atom. The molecule has 17 heavy (non-hydrogen) atoms. The lowest BCUT2D eigenvalue weighted by atomic mass is 10.1. The molecule has 1 atom stereocenters. The Kier molecular flexibility index (Phi) is 3.79. The molecule has 1 aliphatic carbocycles. The van der Waals surface area contributed by atoms with Gasteiger partial charge in [-0.05, 0) is 52.9 Å². The predicted octanol–water partition coefficient (Wildman–Crippen LogP) is 2.06. The molecule has 0 heterocycles. The van der Waals surface area contributed by atoms with E-state index in [0.717, 1.165) is 12.8 Å². The van der Waals surface area contributed by atoms with Crippen LogP contribution >= 0.6 is 15.9 Å². The van der Waals surface area contributed by atoms with E-state index in [1.807, 2.05) is 0 Å². The van der Waals surface area contributed by atoms with E-state index in [9.17, 15) is 9.18 Å². The Labute approximate surface area is 108 Å². The minimum atomic E-state index is -0.372. The van der Waals surface area contributed by atoms with E-state index in [2.05, 4.69) is 21.2 Å². The second-order valence-electron chi connectivity index (χ2n) is 4.34. The van der Waals surface area contributed by atoms with Crippen molar-refractivity contribution in [2.75, 3.05) is 6.54 Å². The molecule has 0 saturated heterocycles. The maximum Gasteiger partial charge on any atom is 0.252 e. The van der Waals surface area contributed by atoms with Crippen molar-refractivity contribution in [3.8, 4) is 0 Å². The Morgan fingerprint density at radius 1 is 1.59 bits per heavy atom. The van der Waals surface area contributed by atoms with Crippen molar-refractivity contribution in [2.45, 2.75) is 18.9 Å². The van der Waals surface area contributed by atoms with Crippen LogP contribution in [0, 0.1) is 11.7 Å². The highest BCUT2D eigenvalue weighted by Crippen LogP contribution is 2.31. The molecule has 1 unspecified atom stereocenters. The number of rotatable bonds is 4. The number of hydrogen-bond acceptors (Lipinski definition) is 2. The summed E-state index contributed by atoms with van der Waals surface area (Å²) >= 11 is 3.16. The van der Waals surface area contributed by atoms with Gasteiger partial charge in [-0.15, -0.1) is 0 Å². The molecule has 1 saturated carbocycles. The topological polar surface area (TPSA) is 55.1 Å². The summed E-state index contributed by atoms with van der Waals surface area (Å²) in [6.45, 7) is 0.466. The van der Waals surface area contributed by atoms with Crippen molar-refractivity contribution in [1.29, 1.82) is 0 Å². The van der Waals surface area contributed by atoms with E-state index < -0.39 is 0 Å². The van der Waals surface area contributed by atoms with E-state index in [1.54, 1.807) is 0 Å². The zero-order chi connectivity index (χ0) is 12.4. The standard InChI is InChI=1S/C12H14BrFN2O/c13-10-5-8(14)3-4-9(10)12(17)16-6-11(15)7-1-2-7/h3-5,7,11H,1-2,6,15H2,(H,16,17). The number of nitrogens with one attached hydrogen (secondary N) is 1. The van der Waals surface area contributed by atoms with Gasteiger partial charge in [0, 0.05) is 17.1 Å². The van der Waals surface area contributed by atoms with Gasteiger partial charge in [-0.1, -0.05) is 0 Å². The summed E-state index contributed by atoms with van der Waals surface area (Å²) < 4.78 is 13.3. The number of carbonyl (C=O) groups is 1. The summed E-state index contributed by atoms with van der Waals surface area (Å²) in [7, 11) is 0. The highest BCUT2D eigenvalue weighted by molar-refractivity contribution is 9.10.